The molecule has 2 rings (SSSR count). The van der Waals surface area contributed by atoms with Crippen LogP contribution in [-0.4, -0.2) is 51.0 Å². The van der Waals surface area contributed by atoms with Crippen molar-refractivity contribution in [3.63, 3.8) is 0 Å². The molecule has 1 saturated carbocycles. The van der Waals surface area contributed by atoms with Crippen molar-refractivity contribution in [1.82, 2.24) is 9.62 Å². The van der Waals surface area contributed by atoms with E-state index in [9.17, 15) is 18.3 Å². The Kier molecular flexibility index (Phi) is 5.44. The molecule has 0 saturated heterocycles. The third-order valence-corrected chi connectivity index (χ3v) is 6.35. The number of hydrogen-bond donors (Lipinski definition) is 2. The zero-order chi connectivity index (χ0) is 17.1. The van der Waals surface area contributed by atoms with Crippen LogP contribution >= 0.6 is 0 Å². The van der Waals surface area contributed by atoms with Crippen LogP contribution in [0.4, 0.5) is 0 Å². The molecule has 23 heavy (non-hydrogen) atoms. The van der Waals surface area contributed by atoms with Gasteiger partial charge in [0.05, 0.1) is 11.5 Å². The number of amides is 1. The van der Waals surface area contributed by atoms with Gasteiger partial charge in [0.2, 0.25) is 10.0 Å². The first kappa shape index (κ1) is 17.9. The first-order valence-electron chi connectivity index (χ1n) is 7.72. The van der Waals surface area contributed by atoms with E-state index in [1.54, 1.807) is 0 Å². The molecule has 0 spiro atoms. The number of carbonyl (C=O) groups is 1. The van der Waals surface area contributed by atoms with E-state index < -0.39 is 10.0 Å². The van der Waals surface area contributed by atoms with Crippen molar-refractivity contribution in [2.75, 3.05) is 27.2 Å². The van der Waals surface area contributed by atoms with Crippen molar-refractivity contribution in [3.8, 4) is 0 Å². The number of aliphatic hydroxyl groups is 1. The second-order valence-electron chi connectivity index (χ2n) is 6.36. The molecule has 1 aromatic carbocycles. The molecule has 0 atom stereocenters. The maximum Gasteiger partial charge on any atom is 0.251 e. The van der Waals surface area contributed by atoms with Crippen molar-refractivity contribution in [3.05, 3.63) is 29.8 Å². The minimum absolute atomic E-state index is 0.0767. The quantitative estimate of drug-likeness (QED) is 0.815. The number of nitrogens with one attached hydrogen (secondary N) is 1. The van der Waals surface area contributed by atoms with Gasteiger partial charge in [-0.3, -0.25) is 4.79 Å². The smallest absolute Gasteiger partial charge is 0.251 e. The number of nitrogens with zero attached hydrogens (tertiary/aromatic N) is 1. The lowest BCUT2D eigenvalue weighted by atomic mass is 9.87. The summed E-state index contributed by atoms with van der Waals surface area (Å²) in [6.45, 7) is 0.521. The molecule has 0 aromatic heterocycles. The molecule has 1 aromatic rings. The summed E-state index contributed by atoms with van der Waals surface area (Å²) >= 11 is 0. The lowest BCUT2D eigenvalue weighted by Crippen LogP contribution is -2.38. The largest absolute Gasteiger partial charge is 0.396 e. The molecule has 1 aliphatic rings. The average Bonchev–Trinajstić information content (AvgIpc) is 3.02. The highest BCUT2D eigenvalue weighted by Gasteiger charge is 2.33. The SMILES string of the molecule is CN(C)S(=O)(=O)c1ccc(C(=O)NCC2(CO)CCCC2)cc1. The van der Waals surface area contributed by atoms with Gasteiger partial charge in [-0.1, -0.05) is 12.8 Å². The van der Waals surface area contributed by atoms with Crippen LogP contribution in [0.25, 0.3) is 0 Å². The second kappa shape index (κ2) is 6.98. The second-order valence-corrected chi connectivity index (χ2v) is 8.51. The third-order valence-electron chi connectivity index (χ3n) is 4.52. The van der Waals surface area contributed by atoms with E-state index in [1.165, 1.54) is 38.4 Å². The molecule has 7 heteroatoms. The predicted molar refractivity (Wildman–Crippen MR) is 87.6 cm³/mol. The number of carbonyl (C=O) groups excluding carboxylic acids is 1. The Morgan fingerprint density at radius 1 is 1.22 bits per heavy atom. The minimum atomic E-state index is -3.49. The fraction of sp³-hybridized carbons (Fsp3) is 0.562. The average molecular weight is 340 g/mol. The molecular formula is C16H24N2O4S. The molecular weight excluding hydrogens is 316 g/mol. The van der Waals surface area contributed by atoms with Crippen LogP contribution in [0.1, 0.15) is 36.0 Å². The summed E-state index contributed by atoms with van der Waals surface area (Å²) in [6.07, 6.45) is 3.99. The Bertz CT molecular complexity index is 647. The molecule has 0 bridgehead atoms. The lowest BCUT2D eigenvalue weighted by molar-refractivity contribution is 0.0880. The third kappa shape index (κ3) is 3.91. The summed E-state index contributed by atoms with van der Waals surface area (Å²) in [5, 5.41) is 12.4. The van der Waals surface area contributed by atoms with Crippen LogP contribution in [0.5, 0.6) is 0 Å². The molecule has 1 amide bonds. The lowest BCUT2D eigenvalue weighted by Gasteiger charge is -2.26. The molecule has 128 valence electrons. The summed E-state index contributed by atoms with van der Waals surface area (Å²) in [5.74, 6) is -0.251. The fourth-order valence-electron chi connectivity index (χ4n) is 2.87. The summed E-state index contributed by atoms with van der Waals surface area (Å²) in [6, 6.07) is 5.88. The van der Waals surface area contributed by atoms with E-state index >= 15 is 0 Å². The van der Waals surface area contributed by atoms with Gasteiger partial charge in [-0.25, -0.2) is 12.7 Å². The molecule has 1 aliphatic carbocycles. The van der Waals surface area contributed by atoms with Crippen LogP contribution in [0.3, 0.4) is 0 Å². The Balaban J connectivity index is 2.03. The molecule has 2 N–H and O–H groups in total. The summed E-state index contributed by atoms with van der Waals surface area (Å²) in [5.41, 5.74) is 0.206. The standard InChI is InChI=1S/C16H24N2O4S/c1-18(2)23(21,22)14-7-5-13(6-8-14)15(20)17-11-16(12-19)9-3-4-10-16/h5-8,19H,3-4,9-12H2,1-2H3,(H,17,20). The highest BCUT2D eigenvalue weighted by molar-refractivity contribution is 7.89. The maximum atomic E-state index is 12.2. The fourth-order valence-corrected chi connectivity index (χ4v) is 3.78. The number of benzene rings is 1. The van der Waals surface area contributed by atoms with Gasteiger partial charge < -0.3 is 10.4 Å². The van der Waals surface area contributed by atoms with E-state index in [4.69, 9.17) is 0 Å². The highest BCUT2D eigenvalue weighted by atomic mass is 32.2. The van der Waals surface area contributed by atoms with Crippen molar-refractivity contribution in [2.45, 2.75) is 30.6 Å². The highest BCUT2D eigenvalue weighted by Crippen LogP contribution is 2.36. The maximum absolute atomic E-state index is 12.2. The molecule has 0 heterocycles. The number of aliphatic hydroxyl groups excluding tert-OH is 1. The number of sulfonamides is 1. The minimum Gasteiger partial charge on any atom is -0.396 e. The normalized spacial score (nSPS) is 17.4. The van der Waals surface area contributed by atoms with Crippen molar-refractivity contribution < 1.29 is 18.3 Å². The van der Waals surface area contributed by atoms with Gasteiger partial charge in [-0.15, -0.1) is 0 Å². The van der Waals surface area contributed by atoms with Crippen molar-refractivity contribution in [2.24, 2.45) is 5.41 Å². The first-order valence-corrected chi connectivity index (χ1v) is 9.16. The van der Waals surface area contributed by atoms with E-state index in [2.05, 4.69) is 5.32 Å². The first-order chi connectivity index (χ1) is 10.8. The Hall–Kier alpha value is -1.44. The van der Waals surface area contributed by atoms with Gasteiger partial charge in [-0.2, -0.15) is 0 Å². The molecule has 0 unspecified atom stereocenters. The van der Waals surface area contributed by atoms with Gasteiger partial charge in [-0.05, 0) is 37.1 Å². The van der Waals surface area contributed by atoms with Crippen LogP contribution in [-0.2, 0) is 10.0 Å². The van der Waals surface area contributed by atoms with E-state index in [0.29, 0.717) is 12.1 Å². The zero-order valence-electron chi connectivity index (χ0n) is 13.6. The Morgan fingerprint density at radius 3 is 2.26 bits per heavy atom. The van der Waals surface area contributed by atoms with Crippen LogP contribution < -0.4 is 5.32 Å². The van der Waals surface area contributed by atoms with Gasteiger partial charge in [0.25, 0.3) is 5.91 Å². The van der Waals surface area contributed by atoms with Gasteiger partial charge in [0.1, 0.15) is 0 Å². The molecule has 0 aliphatic heterocycles. The van der Waals surface area contributed by atoms with Crippen molar-refractivity contribution in [1.29, 1.82) is 0 Å². The van der Waals surface area contributed by atoms with Crippen molar-refractivity contribution >= 4 is 15.9 Å². The van der Waals surface area contributed by atoms with E-state index in [1.807, 2.05) is 0 Å². The Labute approximate surface area is 137 Å². The van der Waals surface area contributed by atoms with E-state index in [0.717, 1.165) is 30.0 Å². The van der Waals surface area contributed by atoms with Crippen LogP contribution in [0.2, 0.25) is 0 Å². The summed E-state index contributed by atoms with van der Waals surface area (Å²) < 4.78 is 25.1. The van der Waals surface area contributed by atoms with Gasteiger partial charge in [0, 0.05) is 31.6 Å². The summed E-state index contributed by atoms with van der Waals surface area (Å²) in [7, 11) is -0.562. The molecule has 0 radical (unpaired) electrons. The monoisotopic (exact) mass is 340 g/mol. The molecule has 6 nitrogen and oxygen atoms in total. The molecule has 1 fully saturated rings. The Morgan fingerprint density at radius 2 is 1.78 bits per heavy atom. The zero-order valence-corrected chi connectivity index (χ0v) is 14.4. The number of rotatable bonds is 6. The van der Waals surface area contributed by atoms with Crippen LogP contribution in [0, 0.1) is 5.41 Å². The van der Waals surface area contributed by atoms with Crippen LogP contribution in [0.15, 0.2) is 29.2 Å². The van der Waals surface area contributed by atoms with E-state index in [-0.39, 0.29) is 22.8 Å². The topological polar surface area (TPSA) is 86.7 Å². The van der Waals surface area contributed by atoms with Gasteiger partial charge in [0.15, 0.2) is 0 Å². The van der Waals surface area contributed by atoms with Gasteiger partial charge >= 0.3 is 0 Å². The predicted octanol–water partition coefficient (Wildman–Crippen LogP) is 1.22. The number of hydrogen-bond acceptors (Lipinski definition) is 4. The summed E-state index contributed by atoms with van der Waals surface area (Å²) in [4.78, 5) is 12.4.